The Hall–Kier alpha value is -1.65. The van der Waals surface area contributed by atoms with Crippen molar-refractivity contribution in [3.63, 3.8) is 0 Å². The quantitative estimate of drug-likeness (QED) is 0.654. The van der Waals surface area contributed by atoms with E-state index in [1.807, 2.05) is 31.0 Å². The Labute approximate surface area is 120 Å². The van der Waals surface area contributed by atoms with Crippen LogP contribution in [0.15, 0.2) is 36.4 Å². The third-order valence-electron chi connectivity index (χ3n) is 2.88. The Kier molecular flexibility index (Phi) is 3.12. The third kappa shape index (κ3) is 2.41. The molecule has 3 aromatic rings. The first-order valence-corrected chi connectivity index (χ1v) is 7.06. The van der Waals surface area contributed by atoms with E-state index < -0.39 is 0 Å². The zero-order valence-corrected chi connectivity index (χ0v) is 12.2. The molecule has 5 heteroatoms. The maximum atomic E-state index is 5.99. The van der Waals surface area contributed by atoms with Crippen LogP contribution in [0.25, 0.3) is 10.1 Å². The van der Waals surface area contributed by atoms with Gasteiger partial charge in [0.15, 0.2) is 0 Å². The molecule has 0 aliphatic rings. The molecule has 0 amide bonds. The average molecular weight is 290 g/mol. The molecule has 0 saturated carbocycles. The molecule has 0 unspecified atom stereocenters. The van der Waals surface area contributed by atoms with Crippen molar-refractivity contribution in [3.05, 3.63) is 47.4 Å². The summed E-state index contributed by atoms with van der Waals surface area (Å²) in [6, 6.07) is 12.3. The third-order valence-corrected chi connectivity index (χ3v) is 4.27. The molecule has 96 valence electrons. The minimum atomic E-state index is 0.468. The van der Waals surface area contributed by atoms with E-state index in [1.54, 1.807) is 17.4 Å². The molecule has 1 aromatic carbocycles. The monoisotopic (exact) mass is 289 g/mol. The molecule has 0 aliphatic heterocycles. The van der Waals surface area contributed by atoms with Crippen LogP contribution < -0.4 is 4.90 Å². The Balaban J connectivity index is 2.05. The standard InChI is InChI=1S/C14H12ClN3S/c1-9-16-12(15)8-13(17-9)18(2)14-7-10-5-3-4-6-11(10)19-14/h3-8H,1-2H3. The van der Waals surface area contributed by atoms with Gasteiger partial charge in [0.05, 0.1) is 5.00 Å². The van der Waals surface area contributed by atoms with Gasteiger partial charge in [-0.1, -0.05) is 29.8 Å². The summed E-state index contributed by atoms with van der Waals surface area (Å²) in [5, 5.41) is 2.84. The Morgan fingerprint density at radius 3 is 2.68 bits per heavy atom. The van der Waals surface area contributed by atoms with Gasteiger partial charge in [-0.05, 0) is 24.4 Å². The Morgan fingerprint density at radius 1 is 1.16 bits per heavy atom. The molecule has 0 radical (unpaired) electrons. The average Bonchev–Trinajstić information content (AvgIpc) is 2.80. The highest BCUT2D eigenvalue weighted by Crippen LogP contribution is 2.35. The number of aryl methyl sites for hydroxylation is 1. The number of hydrogen-bond donors (Lipinski definition) is 0. The number of aromatic nitrogens is 2. The van der Waals surface area contributed by atoms with Crippen molar-refractivity contribution in [1.82, 2.24) is 9.97 Å². The van der Waals surface area contributed by atoms with Gasteiger partial charge >= 0.3 is 0 Å². The second-order valence-electron chi connectivity index (χ2n) is 4.28. The lowest BCUT2D eigenvalue weighted by Gasteiger charge is -2.16. The number of thiophene rings is 1. The van der Waals surface area contributed by atoms with Crippen LogP contribution in [0.4, 0.5) is 10.8 Å². The first kappa shape index (κ1) is 12.4. The minimum Gasteiger partial charge on any atom is -0.321 e. The van der Waals surface area contributed by atoms with Crippen molar-refractivity contribution >= 4 is 43.8 Å². The number of benzene rings is 1. The van der Waals surface area contributed by atoms with Crippen LogP contribution in [0.2, 0.25) is 5.15 Å². The summed E-state index contributed by atoms with van der Waals surface area (Å²) in [5.74, 6) is 1.49. The second-order valence-corrected chi connectivity index (χ2v) is 5.73. The topological polar surface area (TPSA) is 29.0 Å². The maximum absolute atomic E-state index is 5.99. The van der Waals surface area contributed by atoms with Crippen molar-refractivity contribution in [2.75, 3.05) is 11.9 Å². The van der Waals surface area contributed by atoms with E-state index in [0.29, 0.717) is 11.0 Å². The van der Waals surface area contributed by atoms with Gasteiger partial charge in [-0.15, -0.1) is 11.3 Å². The molecule has 0 bridgehead atoms. The summed E-state index contributed by atoms with van der Waals surface area (Å²) >= 11 is 7.72. The lowest BCUT2D eigenvalue weighted by atomic mass is 10.3. The zero-order chi connectivity index (χ0) is 13.4. The molecule has 2 aromatic heterocycles. The van der Waals surface area contributed by atoms with Gasteiger partial charge in [-0.3, -0.25) is 0 Å². The van der Waals surface area contributed by atoms with Crippen molar-refractivity contribution in [2.24, 2.45) is 0 Å². The van der Waals surface area contributed by atoms with Crippen LogP contribution in [0.1, 0.15) is 5.82 Å². The number of anilines is 2. The van der Waals surface area contributed by atoms with Crippen LogP contribution in [0.5, 0.6) is 0 Å². The normalized spacial score (nSPS) is 10.9. The van der Waals surface area contributed by atoms with Crippen molar-refractivity contribution < 1.29 is 0 Å². The molecule has 0 saturated heterocycles. The molecule has 0 N–H and O–H groups in total. The largest absolute Gasteiger partial charge is 0.321 e. The lowest BCUT2D eigenvalue weighted by molar-refractivity contribution is 1.02. The predicted octanol–water partition coefficient (Wildman–Crippen LogP) is 4.42. The van der Waals surface area contributed by atoms with Crippen molar-refractivity contribution in [2.45, 2.75) is 6.92 Å². The molecule has 0 aliphatic carbocycles. The predicted molar refractivity (Wildman–Crippen MR) is 81.7 cm³/mol. The van der Waals surface area contributed by atoms with E-state index in [2.05, 4.69) is 28.2 Å². The maximum Gasteiger partial charge on any atom is 0.138 e. The highest BCUT2D eigenvalue weighted by molar-refractivity contribution is 7.22. The highest BCUT2D eigenvalue weighted by Gasteiger charge is 2.10. The molecule has 0 fully saturated rings. The van der Waals surface area contributed by atoms with E-state index >= 15 is 0 Å². The van der Waals surface area contributed by atoms with Crippen LogP contribution in [0.3, 0.4) is 0 Å². The summed E-state index contributed by atoms with van der Waals surface area (Å²) < 4.78 is 1.27. The van der Waals surface area contributed by atoms with Gasteiger partial charge < -0.3 is 4.90 Å². The van der Waals surface area contributed by atoms with Gasteiger partial charge in [0.1, 0.15) is 16.8 Å². The van der Waals surface area contributed by atoms with E-state index in [0.717, 1.165) is 10.8 Å². The molecular formula is C14H12ClN3S. The summed E-state index contributed by atoms with van der Waals surface area (Å²) in [6.45, 7) is 1.84. The fourth-order valence-corrected chi connectivity index (χ4v) is 3.19. The number of rotatable bonds is 2. The molecule has 19 heavy (non-hydrogen) atoms. The SMILES string of the molecule is Cc1nc(Cl)cc(N(C)c2cc3ccccc3s2)n1. The second kappa shape index (κ2) is 4.79. The van der Waals surface area contributed by atoms with Crippen molar-refractivity contribution in [3.8, 4) is 0 Å². The van der Waals surface area contributed by atoms with E-state index in [9.17, 15) is 0 Å². The number of fused-ring (bicyclic) bond motifs is 1. The molecule has 3 nitrogen and oxygen atoms in total. The van der Waals surface area contributed by atoms with Crippen molar-refractivity contribution in [1.29, 1.82) is 0 Å². The highest BCUT2D eigenvalue weighted by atomic mass is 35.5. The molecule has 0 spiro atoms. The molecular weight excluding hydrogens is 278 g/mol. The molecule has 0 atom stereocenters. The zero-order valence-electron chi connectivity index (χ0n) is 10.6. The Bertz CT molecular complexity index is 685. The van der Waals surface area contributed by atoms with E-state index in [4.69, 9.17) is 11.6 Å². The Morgan fingerprint density at radius 2 is 1.95 bits per heavy atom. The fourth-order valence-electron chi connectivity index (χ4n) is 1.93. The molecule has 3 rings (SSSR count). The lowest BCUT2D eigenvalue weighted by Crippen LogP contribution is -2.10. The number of halogens is 1. The van der Waals surface area contributed by atoms with E-state index in [-0.39, 0.29) is 0 Å². The summed E-state index contributed by atoms with van der Waals surface area (Å²) in [7, 11) is 1.99. The number of hydrogen-bond acceptors (Lipinski definition) is 4. The van der Waals surface area contributed by atoms with Crippen LogP contribution in [0, 0.1) is 6.92 Å². The van der Waals surface area contributed by atoms with Gasteiger partial charge in [0, 0.05) is 17.8 Å². The summed E-state index contributed by atoms with van der Waals surface area (Å²) in [6.07, 6.45) is 0. The molecule has 2 heterocycles. The summed E-state index contributed by atoms with van der Waals surface area (Å²) in [4.78, 5) is 10.5. The summed E-state index contributed by atoms with van der Waals surface area (Å²) in [5.41, 5.74) is 0. The van der Waals surface area contributed by atoms with Gasteiger partial charge in [0.2, 0.25) is 0 Å². The van der Waals surface area contributed by atoms with Gasteiger partial charge in [0.25, 0.3) is 0 Å². The smallest absolute Gasteiger partial charge is 0.138 e. The first-order chi connectivity index (χ1) is 9.13. The van der Waals surface area contributed by atoms with Gasteiger partial charge in [-0.25, -0.2) is 9.97 Å². The fraction of sp³-hybridized carbons (Fsp3) is 0.143. The first-order valence-electron chi connectivity index (χ1n) is 5.87. The van der Waals surface area contributed by atoms with Crippen LogP contribution >= 0.6 is 22.9 Å². The minimum absolute atomic E-state index is 0.468. The van der Waals surface area contributed by atoms with E-state index in [1.165, 1.54) is 10.1 Å². The number of nitrogens with zero attached hydrogens (tertiary/aromatic N) is 3. The van der Waals surface area contributed by atoms with Crippen LogP contribution in [-0.2, 0) is 0 Å². The van der Waals surface area contributed by atoms with Gasteiger partial charge in [-0.2, -0.15) is 0 Å². The van der Waals surface area contributed by atoms with Crippen LogP contribution in [-0.4, -0.2) is 17.0 Å².